The molecular weight excluding hydrogens is 232 g/mol. The van der Waals surface area contributed by atoms with Gasteiger partial charge < -0.3 is 19.7 Å². The maximum absolute atomic E-state index is 11.2. The van der Waals surface area contributed by atoms with Crippen molar-refractivity contribution in [3.05, 3.63) is 0 Å². The Labute approximate surface area is 98.3 Å². The minimum atomic E-state index is -1.11. The molecule has 0 aliphatic rings. The largest absolute Gasteiger partial charge is 0.481 e. The van der Waals surface area contributed by atoms with E-state index in [1.54, 1.807) is 0 Å². The first-order chi connectivity index (χ1) is 7.97. The second kappa shape index (κ2) is 8.51. The summed E-state index contributed by atoms with van der Waals surface area (Å²) in [4.78, 5) is 32.4. The van der Waals surface area contributed by atoms with E-state index in [1.165, 1.54) is 6.92 Å². The molecule has 0 heterocycles. The van der Waals surface area contributed by atoms with Gasteiger partial charge in [-0.3, -0.25) is 9.59 Å². The normalized spacial score (nSPS) is 11.6. The fourth-order valence-corrected chi connectivity index (χ4v) is 0.868. The fraction of sp³-hybridized carbons (Fsp3) is 0.700. The summed E-state index contributed by atoms with van der Waals surface area (Å²) in [7, 11) is 0. The predicted octanol–water partition coefficient (Wildman–Crippen LogP) is -0.292. The van der Waals surface area contributed by atoms with Gasteiger partial charge in [-0.25, -0.2) is 4.79 Å². The molecule has 0 fully saturated rings. The fourth-order valence-electron chi connectivity index (χ4n) is 0.868. The maximum Gasteiger partial charge on any atom is 0.347 e. The number of esters is 2. The lowest BCUT2D eigenvalue weighted by molar-refractivity contribution is -0.167. The molecule has 0 aliphatic carbocycles. The molecule has 98 valence electrons. The molecule has 1 atom stereocenters. The van der Waals surface area contributed by atoms with Crippen LogP contribution < -0.4 is 0 Å². The van der Waals surface area contributed by atoms with Gasteiger partial charge in [0.2, 0.25) is 0 Å². The van der Waals surface area contributed by atoms with E-state index in [0.29, 0.717) is 6.42 Å². The van der Waals surface area contributed by atoms with Crippen molar-refractivity contribution in [2.24, 2.45) is 0 Å². The van der Waals surface area contributed by atoms with E-state index in [-0.39, 0.29) is 26.1 Å². The Bertz CT molecular complexity index is 274. The van der Waals surface area contributed by atoms with Crippen LogP contribution in [0.1, 0.15) is 26.2 Å². The molecule has 1 unspecified atom stereocenters. The van der Waals surface area contributed by atoms with E-state index in [2.05, 4.69) is 9.47 Å². The number of hydrogen-bond acceptors (Lipinski definition) is 6. The summed E-state index contributed by atoms with van der Waals surface area (Å²) in [5.41, 5.74) is 0. The molecular formula is C10H16O7. The highest BCUT2D eigenvalue weighted by Gasteiger charge is 2.19. The van der Waals surface area contributed by atoms with Gasteiger partial charge in [0.15, 0.2) is 6.10 Å². The summed E-state index contributed by atoms with van der Waals surface area (Å²) in [6.07, 6.45) is -1.39. The molecule has 0 aromatic rings. The Morgan fingerprint density at radius 3 is 2.41 bits per heavy atom. The first-order valence-electron chi connectivity index (χ1n) is 5.16. The Kier molecular flexibility index (Phi) is 7.70. The number of aliphatic carboxylic acids is 1. The van der Waals surface area contributed by atoms with Crippen LogP contribution in [0.5, 0.6) is 0 Å². The average Bonchev–Trinajstić information content (AvgIpc) is 2.26. The second-order valence-corrected chi connectivity index (χ2v) is 3.27. The van der Waals surface area contributed by atoms with Crippen molar-refractivity contribution in [3.63, 3.8) is 0 Å². The lowest BCUT2D eigenvalue weighted by atomic mass is 10.3. The van der Waals surface area contributed by atoms with Gasteiger partial charge in [0.1, 0.15) is 0 Å². The number of aliphatic hydroxyl groups excluding tert-OH is 1. The third kappa shape index (κ3) is 8.21. The van der Waals surface area contributed by atoms with Crippen molar-refractivity contribution in [3.8, 4) is 0 Å². The number of carboxylic acid groups (broad SMARTS) is 1. The molecule has 0 radical (unpaired) electrons. The van der Waals surface area contributed by atoms with Crippen molar-refractivity contribution in [1.82, 2.24) is 0 Å². The SMILES string of the molecule is CC(OC(=O)CCC(=O)O)C(=O)OCCCO. The zero-order valence-electron chi connectivity index (χ0n) is 9.55. The van der Waals surface area contributed by atoms with E-state index in [1.807, 2.05) is 0 Å². The predicted molar refractivity (Wildman–Crippen MR) is 55.1 cm³/mol. The molecule has 0 bridgehead atoms. The van der Waals surface area contributed by atoms with E-state index in [9.17, 15) is 14.4 Å². The number of carbonyl (C=O) groups excluding carboxylic acids is 2. The number of rotatable bonds is 8. The second-order valence-electron chi connectivity index (χ2n) is 3.27. The van der Waals surface area contributed by atoms with Gasteiger partial charge in [0, 0.05) is 13.0 Å². The number of hydrogen-bond donors (Lipinski definition) is 2. The van der Waals surface area contributed by atoms with Crippen LogP contribution in [0, 0.1) is 0 Å². The quantitative estimate of drug-likeness (QED) is 0.448. The lowest BCUT2D eigenvalue weighted by Crippen LogP contribution is -2.27. The summed E-state index contributed by atoms with van der Waals surface area (Å²) >= 11 is 0. The average molecular weight is 248 g/mol. The molecule has 0 spiro atoms. The van der Waals surface area contributed by atoms with E-state index < -0.39 is 24.0 Å². The van der Waals surface area contributed by atoms with E-state index in [4.69, 9.17) is 10.2 Å². The molecule has 2 N–H and O–H groups in total. The molecule has 0 rings (SSSR count). The highest BCUT2D eigenvalue weighted by Crippen LogP contribution is 2.00. The van der Waals surface area contributed by atoms with E-state index >= 15 is 0 Å². The van der Waals surface area contributed by atoms with Gasteiger partial charge in [-0.2, -0.15) is 0 Å². The standard InChI is InChI=1S/C10H16O7/c1-7(10(15)16-6-2-5-11)17-9(14)4-3-8(12)13/h7,11H,2-6H2,1H3,(H,12,13). The summed E-state index contributed by atoms with van der Waals surface area (Å²) in [6, 6.07) is 0. The van der Waals surface area contributed by atoms with Crippen LogP contribution >= 0.6 is 0 Å². The summed E-state index contributed by atoms with van der Waals surface area (Å²) < 4.78 is 9.33. The van der Waals surface area contributed by atoms with Crippen molar-refractivity contribution in [2.75, 3.05) is 13.2 Å². The number of carboxylic acids is 1. The van der Waals surface area contributed by atoms with Crippen LogP contribution in [-0.2, 0) is 23.9 Å². The van der Waals surface area contributed by atoms with Crippen LogP contribution in [-0.4, -0.2) is 47.4 Å². The topological polar surface area (TPSA) is 110 Å². The molecule has 0 aromatic heterocycles. The van der Waals surface area contributed by atoms with E-state index in [0.717, 1.165) is 0 Å². The van der Waals surface area contributed by atoms with Gasteiger partial charge in [-0.15, -0.1) is 0 Å². The number of aliphatic hydroxyl groups is 1. The minimum Gasteiger partial charge on any atom is -0.481 e. The Morgan fingerprint density at radius 1 is 1.24 bits per heavy atom. The number of ether oxygens (including phenoxy) is 2. The Hall–Kier alpha value is -1.63. The summed E-state index contributed by atoms with van der Waals surface area (Å²) in [5.74, 6) is -2.60. The maximum atomic E-state index is 11.2. The van der Waals surface area contributed by atoms with Crippen molar-refractivity contribution in [1.29, 1.82) is 0 Å². The van der Waals surface area contributed by atoms with Gasteiger partial charge >= 0.3 is 17.9 Å². The molecule has 0 saturated carbocycles. The third-order valence-electron chi connectivity index (χ3n) is 1.73. The Balaban J connectivity index is 3.82. The van der Waals surface area contributed by atoms with Crippen molar-refractivity contribution < 1.29 is 34.1 Å². The first kappa shape index (κ1) is 15.4. The van der Waals surface area contributed by atoms with Crippen LogP contribution in [0.4, 0.5) is 0 Å². The smallest absolute Gasteiger partial charge is 0.347 e. The van der Waals surface area contributed by atoms with Crippen molar-refractivity contribution in [2.45, 2.75) is 32.3 Å². The molecule has 0 aromatic carbocycles. The molecule has 0 saturated heterocycles. The third-order valence-corrected chi connectivity index (χ3v) is 1.73. The Morgan fingerprint density at radius 2 is 1.88 bits per heavy atom. The van der Waals surface area contributed by atoms with Gasteiger partial charge in [-0.05, 0) is 6.92 Å². The monoisotopic (exact) mass is 248 g/mol. The summed E-state index contributed by atoms with van der Waals surface area (Å²) in [6.45, 7) is 1.28. The molecule has 0 amide bonds. The first-order valence-corrected chi connectivity index (χ1v) is 5.16. The highest BCUT2D eigenvalue weighted by atomic mass is 16.6. The van der Waals surface area contributed by atoms with Gasteiger partial charge in [0.25, 0.3) is 0 Å². The molecule has 17 heavy (non-hydrogen) atoms. The zero-order chi connectivity index (χ0) is 13.3. The van der Waals surface area contributed by atoms with Crippen LogP contribution in [0.2, 0.25) is 0 Å². The number of carbonyl (C=O) groups is 3. The van der Waals surface area contributed by atoms with Crippen molar-refractivity contribution >= 4 is 17.9 Å². The minimum absolute atomic E-state index is 0.0480. The lowest BCUT2D eigenvalue weighted by Gasteiger charge is -2.12. The van der Waals surface area contributed by atoms with Crippen LogP contribution in [0.3, 0.4) is 0 Å². The highest BCUT2D eigenvalue weighted by molar-refractivity contribution is 5.81. The molecule has 0 aliphatic heterocycles. The molecule has 7 heteroatoms. The zero-order valence-corrected chi connectivity index (χ0v) is 9.55. The van der Waals surface area contributed by atoms with Gasteiger partial charge in [-0.1, -0.05) is 0 Å². The van der Waals surface area contributed by atoms with Gasteiger partial charge in [0.05, 0.1) is 19.4 Å². The molecule has 7 nitrogen and oxygen atoms in total. The summed E-state index contributed by atoms with van der Waals surface area (Å²) in [5, 5.41) is 16.8. The van der Waals surface area contributed by atoms with Crippen LogP contribution in [0.25, 0.3) is 0 Å². The van der Waals surface area contributed by atoms with Crippen LogP contribution in [0.15, 0.2) is 0 Å².